The molecule has 0 N–H and O–H groups in total. The second kappa shape index (κ2) is 7.35. The van der Waals surface area contributed by atoms with Gasteiger partial charge in [-0.2, -0.15) is 0 Å². The number of imidazole rings is 1. The summed E-state index contributed by atoms with van der Waals surface area (Å²) in [5.74, 6) is -0.0261. The van der Waals surface area contributed by atoms with Crippen molar-refractivity contribution in [1.82, 2.24) is 14.5 Å². The van der Waals surface area contributed by atoms with E-state index in [1.165, 1.54) is 12.1 Å². The van der Waals surface area contributed by atoms with Crippen molar-refractivity contribution >= 4 is 22.6 Å². The summed E-state index contributed by atoms with van der Waals surface area (Å²) < 4.78 is 1.96. The molecule has 7 nitrogen and oxygen atoms in total. The van der Waals surface area contributed by atoms with Crippen molar-refractivity contribution in [2.24, 2.45) is 0 Å². The van der Waals surface area contributed by atoms with Crippen molar-refractivity contribution in [3.05, 3.63) is 70.5 Å². The van der Waals surface area contributed by atoms with E-state index in [4.69, 9.17) is 0 Å². The lowest BCUT2D eigenvalue weighted by atomic mass is 10.1. The third-order valence-electron chi connectivity index (χ3n) is 4.63. The molecule has 0 spiro atoms. The highest BCUT2D eigenvalue weighted by Crippen LogP contribution is 2.23. The third-order valence-corrected chi connectivity index (χ3v) is 4.63. The number of non-ortho nitro benzene ring substituents is 1. The van der Waals surface area contributed by atoms with Gasteiger partial charge in [-0.15, -0.1) is 0 Å². The number of amides is 1. The molecule has 2 aromatic carbocycles. The number of nitrogens with zero attached hydrogens (tertiary/aromatic N) is 4. The van der Waals surface area contributed by atoms with Crippen LogP contribution in [0.15, 0.2) is 54.9 Å². The first-order chi connectivity index (χ1) is 12.5. The Morgan fingerprint density at radius 1 is 1.27 bits per heavy atom. The lowest BCUT2D eigenvalue weighted by Crippen LogP contribution is -2.30. The molecule has 0 saturated heterocycles. The zero-order valence-corrected chi connectivity index (χ0v) is 14.7. The summed E-state index contributed by atoms with van der Waals surface area (Å²) in [7, 11) is 1.72. The van der Waals surface area contributed by atoms with E-state index < -0.39 is 4.92 Å². The van der Waals surface area contributed by atoms with Crippen LogP contribution in [0.1, 0.15) is 24.9 Å². The number of aromatic nitrogens is 2. The van der Waals surface area contributed by atoms with E-state index in [9.17, 15) is 14.9 Å². The number of benzene rings is 2. The van der Waals surface area contributed by atoms with E-state index in [1.54, 1.807) is 30.4 Å². The third kappa shape index (κ3) is 3.56. The molecular weight excluding hydrogens is 332 g/mol. The summed E-state index contributed by atoms with van der Waals surface area (Å²) in [6, 6.07) is 13.9. The highest BCUT2D eigenvalue weighted by atomic mass is 16.6. The van der Waals surface area contributed by atoms with Crippen molar-refractivity contribution in [2.75, 3.05) is 7.05 Å². The number of aryl methyl sites for hydroxylation is 1. The quantitative estimate of drug-likeness (QED) is 0.502. The van der Waals surface area contributed by atoms with E-state index in [-0.39, 0.29) is 17.6 Å². The maximum absolute atomic E-state index is 12.6. The van der Waals surface area contributed by atoms with Crippen LogP contribution < -0.4 is 0 Å². The van der Waals surface area contributed by atoms with Crippen molar-refractivity contribution in [3.8, 4) is 0 Å². The average molecular weight is 352 g/mol. The van der Waals surface area contributed by atoms with E-state index in [0.717, 1.165) is 16.6 Å². The van der Waals surface area contributed by atoms with Crippen LogP contribution in [0, 0.1) is 10.1 Å². The first kappa shape index (κ1) is 17.6. The number of nitro benzene ring substituents is 1. The van der Waals surface area contributed by atoms with Gasteiger partial charge in [-0.25, -0.2) is 4.98 Å². The maximum atomic E-state index is 12.6. The summed E-state index contributed by atoms with van der Waals surface area (Å²) >= 11 is 0. The van der Waals surface area contributed by atoms with Gasteiger partial charge in [0.1, 0.15) is 0 Å². The molecular formula is C19H20N4O3. The number of hydrogen-bond acceptors (Lipinski definition) is 4. The Morgan fingerprint density at radius 3 is 2.81 bits per heavy atom. The number of rotatable bonds is 6. The van der Waals surface area contributed by atoms with Gasteiger partial charge in [0, 0.05) is 32.1 Å². The van der Waals surface area contributed by atoms with Crippen LogP contribution in [-0.4, -0.2) is 32.3 Å². The van der Waals surface area contributed by atoms with E-state index in [1.807, 2.05) is 35.8 Å². The lowest BCUT2D eigenvalue weighted by Gasteiger charge is -2.25. The molecule has 0 saturated carbocycles. The molecule has 0 radical (unpaired) electrons. The Kier molecular flexibility index (Phi) is 4.97. The molecule has 3 aromatic rings. The van der Waals surface area contributed by atoms with Gasteiger partial charge in [0.25, 0.3) is 5.69 Å². The van der Waals surface area contributed by atoms with Crippen molar-refractivity contribution in [2.45, 2.75) is 25.9 Å². The first-order valence-electron chi connectivity index (χ1n) is 8.37. The molecule has 0 aliphatic carbocycles. The molecule has 3 rings (SSSR count). The molecule has 1 heterocycles. The van der Waals surface area contributed by atoms with Gasteiger partial charge in [0.2, 0.25) is 5.91 Å². The maximum Gasteiger partial charge on any atom is 0.269 e. The fourth-order valence-electron chi connectivity index (χ4n) is 2.92. The minimum Gasteiger partial charge on any atom is -0.339 e. The topological polar surface area (TPSA) is 81.3 Å². The second-order valence-electron chi connectivity index (χ2n) is 6.21. The molecule has 1 aromatic heterocycles. The number of hydrogen-bond donors (Lipinski definition) is 0. The van der Waals surface area contributed by atoms with Gasteiger partial charge in [0.05, 0.1) is 28.3 Å². The van der Waals surface area contributed by atoms with Gasteiger partial charge >= 0.3 is 0 Å². The molecule has 26 heavy (non-hydrogen) atoms. The number of para-hydroxylation sites is 2. The van der Waals surface area contributed by atoms with Crippen molar-refractivity contribution in [1.29, 1.82) is 0 Å². The molecule has 7 heteroatoms. The summed E-state index contributed by atoms with van der Waals surface area (Å²) in [6.45, 7) is 2.40. The minimum atomic E-state index is -0.428. The molecule has 0 aliphatic rings. The highest BCUT2D eigenvalue weighted by molar-refractivity contribution is 5.77. The van der Waals surface area contributed by atoms with Gasteiger partial charge in [-0.05, 0) is 24.6 Å². The van der Waals surface area contributed by atoms with Crippen LogP contribution in [0.3, 0.4) is 0 Å². The molecule has 1 atom stereocenters. The Labute approximate surface area is 151 Å². The normalized spacial score (nSPS) is 12.1. The zero-order valence-electron chi connectivity index (χ0n) is 14.7. The molecule has 1 amide bonds. The van der Waals surface area contributed by atoms with Crippen LogP contribution in [0.2, 0.25) is 0 Å². The average Bonchev–Trinajstić information content (AvgIpc) is 3.08. The monoisotopic (exact) mass is 352 g/mol. The van der Waals surface area contributed by atoms with Gasteiger partial charge in [-0.3, -0.25) is 14.9 Å². The fourth-order valence-corrected chi connectivity index (χ4v) is 2.92. The lowest BCUT2D eigenvalue weighted by molar-refractivity contribution is -0.384. The molecule has 0 bridgehead atoms. The Morgan fingerprint density at radius 2 is 2.04 bits per heavy atom. The SMILES string of the molecule is C[C@H](c1cccc([N+](=O)[O-])c1)N(C)C(=O)CCn1cnc2ccccc21. The minimum absolute atomic E-state index is 0.0261. The summed E-state index contributed by atoms with van der Waals surface area (Å²) in [4.78, 5) is 29.0. The van der Waals surface area contributed by atoms with Crippen molar-refractivity contribution in [3.63, 3.8) is 0 Å². The number of carbonyl (C=O) groups excluding carboxylic acids is 1. The van der Waals surface area contributed by atoms with Crippen LogP contribution in [-0.2, 0) is 11.3 Å². The van der Waals surface area contributed by atoms with Gasteiger partial charge < -0.3 is 9.47 Å². The van der Waals surface area contributed by atoms with Crippen LogP contribution >= 0.6 is 0 Å². The summed E-state index contributed by atoms with van der Waals surface area (Å²) in [5, 5.41) is 10.9. The van der Waals surface area contributed by atoms with Crippen LogP contribution in [0.25, 0.3) is 11.0 Å². The Balaban J connectivity index is 1.67. The standard InChI is InChI=1S/C19H20N4O3/c1-14(15-6-5-7-16(12-15)23(25)26)21(2)19(24)10-11-22-13-20-17-8-3-4-9-18(17)22/h3-9,12-14H,10-11H2,1-2H3/t14-/m1/s1. The highest BCUT2D eigenvalue weighted by Gasteiger charge is 2.19. The summed E-state index contributed by atoms with van der Waals surface area (Å²) in [6.07, 6.45) is 2.07. The van der Waals surface area contributed by atoms with E-state index in [0.29, 0.717) is 13.0 Å². The van der Waals surface area contributed by atoms with Gasteiger partial charge in [-0.1, -0.05) is 24.3 Å². The van der Waals surface area contributed by atoms with Crippen LogP contribution in [0.4, 0.5) is 5.69 Å². The Hall–Kier alpha value is -3.22. The molecule has 134 valence electrons. The fraction of sp³-hybridized carbons (Fsp3) is 0.263. The molecule has 0 fully saturated rings. The second-order valence-corrected chi connectivity index (χ2v) is 6.21. The number of carbonyl (C=O) groups is 1. The smallest absolute Gasteiger partial charge is 0.269 e. The number of fused-ring (bicyclic) bond motifs is 1. The van der Waals surface area contributed by atoms with Crippen LogP contribution in [0.5, 0.6) is 0 Å². The predicted octanol–water partition coefficient (Wildman–Crippen LogP) is 3.55. The van der Waals surface area contributed by atoms with E-state index >= 15 is 0 Å². The number of nitro groups is 1. The van der Waals surface area contributed by atoms with E-state index in [2.05, 4.69) is 4.98 Å². The van der Waals surface area contributed by atoms with Gasteiger partial charge in [0.15, 0.2) is 0 Å². The first-order valence-corrected chi connectivity index (χ1v) is 8.37. The van der Waals surface area contributed by atoms with Crippen molar-refractivity contribution < 1.29 is 9.72 Å². The summed E-state index contributed by atoms with van der Waals surface area (Å²) in [5.41, 5.74) is 2.66. The zero-order chi connectivity index (χ0) is 18.7. The predicted molar refractivity (Wildman–Crippen MR) is 98.6 cm³/mol. The largest absolute Gasteiger partial charge is 0.339 e. The molecule has 0 unspecified atom stereocenters. The Bertz CT molecular complexity index is 951. The molecule has 0 aliphatic heterocycles.